The van der Waals surface area contributed by atoms with Crippen LogP contribution in [0.15, 0.2) is 30.3 Å². The highest BCUT2D eigenvalue weighted by Crippen LogP contribution is 2.25. The molecule has 1 nitrogen and oxygen atoms in total. The molecule has 0 radical (unpaired) electrons. The molecular weight excluding hydrogens is 194 g/mol. The molecule has 1 aromatic carbocycles. The Balaban J connectivity index is 2.20. The Bertz CT molecular complexity index is 392. The first-order chi connectivity index (χ1) is 7.47. The largest absolute Gasteiger partial charge is 0.382 e. The molecule has 0 fully saturated rings. The summed E-state index contributed by atoms with van der Waals surface area (Å²) in [6, 6.07) is 9.49. The zero-order valence-electron chi connectivity index (χ0n) is 10.7. The van der Waals surface area contributed by atoms with E-state index in [1.165, 1.54) is 16.8 Å². The van der Waals surface area contributed by atoms with Crippen LogP contribution in [0.25, 0.3) is 5.70 Å². The van der Waals surface area contributed by atoms with Gasteiger partial charge in [-0.2, -0.15) is 0 Å². The molecule has 0 aromatic heterocycles. The lowest BCUT2D eigenvalue weighted by Crippen LogP contribution is -2.17. The van der Waals surface area contributed by atoms with Crippen LogP contribution in [0, 0.1) is 0 Å². The van der Waals surface area contributed by atoms with Crippen molar-refractivity contribution in [1.29, 1.82) is 0 Å². The quantitative estimate of drug-likeness (QED) is 0.753. The van der Waals surface area contributed by atoms with Gasteiger partial charge >= 0.3 is 0 Å². The predicted octanol–water partition coefficient (Wildman–Crippen LogP) is 3.71. The Morgan fingerprint density at radius 2 is 1.75 bits per heavy atom. The molecule has 1 atom stereocenters. The van der Waals surface area contributed by atoms with Crippen molar-refractivity contribution in [2.45, 2.75) is 45.6 Å². The van der Waals surface area contributed by atoms with Crippen LogP contribution in [-0.2, 0) is 5.41 Å². The van der Waals surface area contributed by atoms with Crippen molar-refractivity contribution >= 4 is 5.70 Å². The molecule has 1 heterocycles. The first kappa shape index (κ1) is 11.3. The van der Waals surface area contributed by atoms with E-state index < -0.39 is 0 Å². The molecule has 86 valence electrons. The number of nitrogens with one attached hydrogen (secondary N) is 1. The van der Waals surface area contributed by atoms with E-state index >= 15 is 0 Å². The van der Waals surface area contributed by atoms with Gasteiger partial charge < -0.3 is 5.32 Å². The molecule has 0 bridgehead atoms. The van der Waals surface area contributed by atoms with Crippen LogP contribution >= 0.6 is 0 Å². The number of rotatable bonds is 1. The molecule has 1 N–H and O–H groups in total. The fourth-order valence-corrected chi connectivity index (χ4v) is 2.03. The molecule has 2 rings (SSSR count). The van der Waals surface area contributed by atoms with E-state index in [2.05, 4.69) is 63.4 Å². The van der Waals surface area contributed by atoms with Crippen molar-refractivity contribution in [1.82, 2.24) is 5.32 Å². The smallest absolute Gasteiger partial charge is 0.0376 e. The molecule has 0 amide bonds. The highest BCUT2D eigenvalue weighted by Gasteiger charge is 2.15. The third-order valence-corrected chi connectivity index (χ3v) is 3.14. The zero-order chi connectivity index (χ0) is 11.8. The standard InChI is InChI=1S/C15H21N/c1-11-5-10-14(16-11)12-6-8-13(9-7-12)15(2,3)4/h6-11,16H,5H2,1-4H3. The summed E-state index contributed by atoms with van der Waals surface area (Å²) in [5, 5.41) is 3.49. The monoisotopic (exact) mass is 215 g/mol. The highest BCUT2D eigenvalue weighted by molar-refractivity contribution is 5.66. The van der Waals surface area contributed by atoms with Gasteiger partial charge in [0.2, 0.25) is 0 Å². The second-order valence-corrected chi connectivity index (χ2v) is 5.73. The fourth-order valence-electron chi connectivity index (χ4n) is 2.03. The van der Waals surface area contributed by atoms with E-state index in [-0.39, 0.29) is 5.41 Å². The topological polar surface area (TPSA) is 12.0 Å². The van der Waals surface area contributed by atoms with Gasteiger partial charge in [-0.1, -0.05) is 51.1 Å². The van der Waals surface area contributed by atoms with Crippen molar-refractivity contribution in [3.05, 3.63) is 41.5 Å². The van der Waals surface area contributed by atoms with Gasteiger partial charge in [-0.25, -0.2) is 0 Å². The summed E-state index contributed by atoms with van der Waals surface area (Å²) in [5.41, 5.74) is 4.22. The summed E-state index contributed by atoms with van der Waals surface area (Å²) in [6.45, 7) is 8.96. The molecule has 0 spiro atoms. The van der Waals surface area contributed by atoms with Gasteiger partial charge in [0, 0.05) is 11.7 Å². The van der Waals surface area contributed by atoms with Crippen LogP contribution in [0.5, 0.6) is 0 Å². The van der Waals surface area contributed by atoms with E-state index in [1.54, 1.807) is 0 Å². The van der Waals surface area contributed by atoms with E-state index in [4.69, 9.17) is 0 Å². The van der Waals surface area contributed by atoms with Gasteiger partial charge in [-0.05, 0) is 29.9 Å². The fraction of sp³-hybridized carbons (Fsp3) is 0.467. The Labute approximate surface area is 98.6 Å². The Hall–Kier alpha value is -1.24. The predicted molar refractivity (Wildman–Crippen MR) is 70.3 cm³/mol. The van der Waals surface area contributed by atoms with Crippen LogP contribution in [0.4, 0.5) is 0 Å². The summed E-state index contributed by atoms with van der Waals surface area (Å²) in [7, 11) is 0. The van der Waals surface area contributed by atoms with Crippen molar-refractivity contribution in [2.24, 2.45) is 0 Å². The minimum Gasteiger partial charge on any atom is -0.382 e. The number of benzene rings is 1. The van der Waals surface area contributed by atoms with E-state index in [0.717, 1.165) is 6.42 Å². The normalized spacial score (nSPS) is 20.5. The van der Waals surface area contributed by atoms with Crippen molar-refractivity contribution in [3.63, 3.8) is 0 Å². The maximum Gasteiger partial charge on any atom is 0.0376 e. The van der Waals surface area contributed by atoms with Crippen molar-refractivity contribution in [2.75, 3.05) is 0 Å². The highest BCUT2D eigenvalue weighted by atomic mass is 14.9. The molecule has 1 aliphatic rings. The number of hydrogen-bond acceptors (Lipinski definition) is 1. The maximum atomic E-state index is 3.49. The average Bonchev–Trinajstić information content (AvgIpc) is 2.64. The average molecular weight is 215 g/mol. The van der Waals surface area contributed by atoms with Gasteiger partial charge in [0.15, 0.2) is 0 Å². The lowest BCUT2D eigenvalue weighted by atomic mass is 9.86. The minimum atomic E-state index is 0.239. The van der Waals surface area contributed by atoms with Crippen LogP contribution in [0.3, 0.4) is 0 Å². The van der Waals surface area contributed by atoms with E-state index in [9.17, 15) is 0 Å². The van der Waals surface area contributed by atoms with Crippen LogP contribution < -0.4 is 5.32 Å². The van der Waals surface area contributed by atoms with Gasteiger partial charge in [-0.15, -0.1) is 0 Å². The molecule has 16 heavy (non-hydrogen) atoms. The summed E-state index contributed by atoms with van der Waals surface area (Å²) < 4.78 is 0. The summed E-state index contributed by atoms with van der Waals surface area (Å²) in [4.78, 5) is 0. The van der Waals surface area contributed by atoms with Crippen molar-refractivity contribution < 1.29 is 0 Å². The zero-order valence-corrected chi connectivity index (χ0v) is 10.7. The molecule has 0 saturated carbocycles. The first-order valence-electron chi connectivity index (χ1n) is 6.04. The molecular formula is C15H21N. The van der Waals surface area contributed by atoms with Gasteiger partial charge in [0.05, 0.1) is 0 Å². The molecule has 0 aliphatic carbocycles. The first-order valence-corrected chi connectivity index (χ1v) is 6.04. The van der Waals surface area contributed by atoms with Gasteiger partial charge in [-0.3, -0.25) is 0 Å². The van der Waals surface area contributed by atoms with Crippen molar-refractivity contribution in [3.8, 4) is 0 Å². The van der Waals surface area contributed by atoms with Crippen LogP contribution in [-0.4, -0.2) is 6.04 Å². The lowest BCUT2D eigenvalue weighted by molar-refractivity contribution is 0.590. The lowest BCUT2D eigenvalue weighted by Gasteiger charge is -2.19. The van der Waals surface area contributed by atoms with Crippen LogP contribution in [0.1, 0.15) is 45.2 Å². The third-order valence-electron chi connectivity index (χ3n) is 3.14. The van der Waals surface area contributed by atoms with Gasteiger partial charge in [0.1, 0.15) is 0 Å². The Kier molecular flexibility index (Phi) is 2.79. The van der Waals surface area contributed by atoms with E-state index in [1.807, 2.05) is 0 Å². The SMILES string of the molecule is CC1CC=C(c2ccc(C(C)(C)C)cc2)N1. The molecule has 0 saturated heterocycles. The molecule has 1 unspecified atom stereocenters. The van der Waals surface area contributed by atoms with Crippen LogP contribution in [0.2, 0.25) is 0 Å². The third kappa shape index (κ3) is 2.29. The Morgan fingerprint density at radius 3 is 2.19 bits per heavy atom. The molecule has 1 aliphatic heterocycles. The minimum absolute atomic E-state index is 0.239. The summed E-state index contributed by atoms with van der Waals surface area (Å²) >= 11 is 0. The Morgan fingerprint density at radius 1 is 1.12 bits per heavy atom. The second kappa shape index (κ2) is 3.97. The summed E-state index contributed by atoms with van der Waals surface area (Å²) in [5.74, 6) is 0. The number of hydrogen-bond donors (Lipinski definition) is 1. The van der Waals surface area contributed by atoms with Gasteiger partial charge in [0.25, 0.3) is 0 Å². The maximum absolute atomic E-state index is 3.49. The summed E-state index contributed by atoms with van der Waals surface area (Å²) in [6.07, 6.45) is 3.42. The van der Waals surface area contributed by atoms with E-state index in [0.29, 0.717) is 6.04 Å². The second-order valence-electron chi connectivity index (χ2n) is 5.73. The molecule has 1 aromatic rings. The molecule has 1 heteroatoms.